The third kappa shape index (κ3) is 3.02. The molecule has 1 aromatic heterocycles. The van der Waals surface area contributed by atoms with Gasteiger partial charge in [-0.1, -0.05) is 0 Å². The van der Waals surface area contributed by atoms with Crippen molar-refractivity contribution in [3.63, 3.8) is 0 Å². The van der Waals surface area contributed by atoms with Crippen LogP contribution in [0.4, 0.5) is 5.69 Å². The summed E-state index contributed by atoms with van der Waals surface area (Å²) >= 11 is 0. The zero-order valence-electron chi connectivity index (χ0n) is 8.20. The number of nitrogens with one attached hydrogen (secondary N) is 2. The number of amides is 1. The molecule has 0 radical (unpaired) electrons. The molecule has 0 saturated carbocycles. The highest BCUT2D eigenvalue weighted by molar-refractivity contribution is 5.92. The molecule has 5 nitrogen and oxygen atoms in total. The second kappa shape index (κ2) is 5.18. The normalized spacial score (nSPS) is 9.57. The predicted octanol–water partition coefficient (Wildman–Crippen LogP) is 0.248. The molecule has 0 spiro atoms. The molecule has 0 unspecified atom stereocenters. The Morgan fingerprint density at radius 1 is 1.57 bits per heavy atom. The summed E-state index contributed by atoms with van der Waals surface area (Å²) in [5.41, 5.74) is 0.658. The average molecular weight is 195 g/mol. The van der Waals surface area contributed by atoms with E-state index in [4.69, 9.17) is 4.74 Å². The first-order valence-electron chi connectivity index (χ1n) is 4.20. The van der Waals surface area contributed by atoms with E-state index in [-0.39, 0.29) is 12.5 Å². The quantitative estimate of drug-likeness (QED) is 0.722. The van der Waals surface area contributed by atoms with Crippen LogP contribution in [0.2, 0.25) is 0 Å². The van der Waals surface area contributed by atoms with Gasteiger partial charge < -0.3 is 15.4 Å². The van der Waals surface area contributed by atoms with Gasteiger partial charge in [0.25, 0.3) is 0 Å². The number of hydrogen-bond acceptors (Lipinski definition) is 4. The molecule has 5 heteroatoms. The smallest absolute Gasteiger partial charge is 0.238 e. The van der Waals surface area contributed by atoms with Crippen LogP contribution in [0.5, 0.6) is 5.88 Å². The van der Waals surface area contributed by atoms with E-state index in [9.17, 15) is 4.79 Å². The highest BCUT2D eigenvalue weighted by Gasteiger charge is 2.00. The fraction of sp³-hybridized carbons (Fsp3) is 0.333. The lowest BCUT2D eigenvalue weighted by molar-refractivity contribution is -0.115. The maximum absolute atomic E-state index is 11.1. The molecule has 1 heterocycles. The van der Waals surface area contributed by atoms with Crippen molar-refractivity contribution >= 4 is 11.6 Å². The van der Waals surface area contributed by atoms with Gasteiger partial charge in [-0.15, -0.1) is 0 Å². The average Bonchev–Trinajstić information content (AvgIpc) is 2.19. The second-order valence-corrected chi connectivity index (χ2v) is 2.67. The summed E-state index contributed by atoms with van der Waals surface area (Å²) in [5.74, 6) is 0.427. The molecule has 1 amide bonds. The summed E-state index contributed by atoms with van der Waals surface area (Å²) in [6.07, 6.45) is 1.55. The van der Waals surface area contributed by atoms with Crippen molar-refractivity contribution in [1.29, 1.82) is 0 Å². The van der Waals surface area contributed by atoms with Crippen LogP contribution < -0.4 is 15.4 Å². The Kier molecular flexibility index (Phi) is 3.87. The lowest BCUT2D eigenvalue weighted by Crippen LogP contribution is -2.25. The van der Waals surface area contributed by atoms with Gasteiger partial charge in [0.05, 0.1) is 25.5 Å². The fourth-order valence-electron chi connectivity index (χ4n) is 0.941. The molecule has 2 N–H and O–H groups in total. The Balaban J connectivity index is 2.55. The molecule has 1 rings (SSSR count). The molecule has 1 aromatic rings. The minimum atomic E-state index is -0.0977. The molecule has 0 bridgehead atoms. The van der Waals surface area contributed by atoms with Crippen molar-refractivity contribution in [2.45, 2.75) is 0 Å². The van der Waals surface area contributed by atoms with Gasteiger partial charge in [-0.25, -0.2) is 4.98 Å². The predicted molar refractivity (Wildman–Crippen MR) is 53.3 cm³/mol. The highest BCUT2D eigenvalue weighted by atomic mass is 16.5. The summed E-state index contributed by atoms with van der Waals surface area (Å²) in [5, 5.41) is 5.43. The lowest BCUT2D eigenvalue weighted by Gasteiger charge is -2.04. The summed E-state index contributed by atoms with van der Waals surface area (Å²) in [7, 11) is 3.26. The van der Waals surface area contributed by atoms with Crippen molar-refractivity contribution in [2.24, 2.45) is 0 Å². The van der Waals surface area contributed by atoms with Gasteiger partial charge in [0.15, 0.2) is 0 Å². The van der Waals surface area contributed by atoms with Crippen LogP contribution >= 0.6 is 0 Å². The maximum atomic E-state index is 11.1. The Labute approximate surface area is 82.5 Å². The van der Waals surface area contributed by atoms with E-state index >= 15 is 0 Å². The van der Waals surface area contributed by atoms with E-state index in [1.54, 1.807) is 32.5 Å². The van der Waals surface area contributed by atoms with Gasteiger partial charge in [-0.3, -0.25) is 4.79 Å². The van der Waals surface area contributed by atoms with E-state index in [1.165, 1.54) is 0 Å². The maximum Gasteiger partial charge on any atom is 0.238 e. The Hall–Kier alpha value is -1.62. The molecule has 0 aliphatic rings. The third-order valence-corrected chi connectivity index (χ3v) is 1.57. The first-order valence-corrected chi connectivity index (χ1v) is 4.20. The van der Waals surface area contributed by atoms with Crippen LogP contribution in [0.25, 0.3) is 0 Å². The molecule has 76 valence electrons. The third-order valence-electron chi connectivity index (χ3n) is 1.57. The number of carbonyl (C=O) groups excluding carboxylic acids is 1. The number of hydrogen-bond donors (Lipinski definition) is 2. The van der Waals surface area contributed by atoms with Gasteiger partial charge in [0.2, 0.25) is 11.8 Å². The topological polar surface area (TPSA) is 63.2 Å². The zero-order chi connectivity index (χ0) is 10.4. The lowest BCUT2D eigenvalue weighted by atomic mass is 10.4. The molecule has 0 fully saturated rings. The molecule has 0 atom stereocenters. The monoisotopic (exact) mass is 195 g/mol. The first kappa shape index (κ1) is 10.5. The number of aromatic nitrogens is 1. The van der Waals surface area contributed by atoms with Gasteiger partial charge in [0.1, 0.15) is 0 Å². The number of likely N-dealkylation sites (N-methyl/N-ethyl adjacent to an activating group) is 1. The van der Waals surface area contributed by atoms with Crippen molar-refractivity contribution in [2.75, 3.05) is 26.0 Å². The second-order valence-electron chi connectivity index (χ2n) is 2.67. The minimum Gasteiger partial charge on any atom is -0.481 e. The number of carbonyl (C=O) groups is 1. The van der Waals surface area contributed by atoms with Crippen LogP contribution in [0.15, 0.2) is 18.3 Å². The van der Waals surface area contributed by atoms with Crippen LogP contribution in [0.1, 0.15) is 0 Å². The molecule has 14 heavy (non-hydrogen) atoms. The van der Waals surface area contributed by atoms with Crippen molar-refractivity contribution < 1.29 is 9.53 Å². The standard InChI is InChI=1S/C9H13N3O2/c1-10-6-8(13)12-7-3-4-9(14-2)11-5-7/h3-5,10H,6H2,1-2H3,(H,12,13). The molecular formula is C9H13N3O2. The van der Waals surface area contributed by atoms with E-state index in [0.29, 0.717) is 11.6 Å². The Morgan fingerprint density at radius 2 is 2.36 bits per heavy atom. The van der Waals surface area contributed by atoms with Gasteiger partial charge >= 0.3 is 0 Å². The van der Waals surface area contributed by atoms with Gasteiger partial charge in [-0.05, 0) is 13.1 Å². The molecule has 0 aliphatic heterocycles. The molecule has 0 aliphatic carbocycles. The number of ether oxygens (including phenoxy) is 1. The zero-order valence-corrected chi connectivity index (χ0v) is 8.20. The van der Waals surface area contributed by atoms with Crippen molar-refractivity contribution in [1.82, 2.24) is 10.3 Å². The van der Waals surface area contributed by atoms with Crippen LogP contribution in [-0.4, -0.2) is 31.6 Å². The van der Waals surface area contributed by atoms with E-state index < -0.39 is 0 Å². The Bertz CT molecular complexity index is 297. The van der Waals surface area contributed by atoms with Crippen molar-refractivity contribution in [3.05, 3.63) is 18.3 Å². The summed E-state index contributed by atoms with van der Waals surface area (Å²) in [4.78, 5) is 15.1. The summed E-state index contributed by atoms with van der Waals surface area (Å²) in [6, 6.07) is 3.42. The number of methoxy groups -OCH3 is 1. The van der Waals surface area contributed by atoms with E-state index in [0.717, 1.165) is 0 Å². The van der Waals surface area contributed by atoms with Crippen LogP contribution in [-0.2, 0) is 4.79 Å². The number of rotatable bonds is 4. The number of pyridine rings is 1. The highest BCUT2D eigenvalue weighted by Crippen LogP contribution is 2.10. The minimum absolute atomic E-state index is 0.0977. The molecule has 0 aromatic carbocycles. The van der Waals surface area contributed by atoms with Crippen LogP contribution in [0.3, 0.4) is 0 Å². The Morgan fingerprint density at radius 3 is 2.86 bits per heavy atom. The number of anilines is 1. The van der Waals surface area contributed by atoms with E-state index in [2.05, 4.69) is 15.6 Å². The largest absolute Gasteiger partial charge is 0.481 e. The van der Waals surface area contributed by atoms with Crippen LogP contribution in [0, 0.1) is 0 Å². The van der Waals surface area contributed by atoms with Gasteiger partial charge in [0, 0.05) is 6.07 Å². The first-order chi connectivity index (χ1) is 6.76. The fourth-order valence-corrected chi connectivity index (χ4v) is 0.941. The summed E-state index contributed by atoms with van der Waals surface area (Å²) in [6.45, 7) is 0.284. The summed E-state index contributed by atoms with van der Waals surface area (Å²) < 4.78 is 4.89. The SMILES string of the molecule is CNCC(=O)Nc1ccc(OC)nc1. The molecule has 0 saturated heterocycles. The molecular weight excluding hydrogens is 182 g/mol. The number of nitrogens with zero attached hydrogens (tertiary/aromatic N) is 1. The van der Waals surface area contributed by atoms with Gasteiger partial charge in [-0.2, -0.15) is 0 Å². The van der Waals surface area contributed by atoms with Crippen molar-refractivity contribution in [3.8, 4) is 5.88 Å². The van der Waals surface area contributed by atoms with E-state index in [1.807, 2.05) is 0 Å².